The Morgan fingerprint density at radius 3 is 2.62 bits per heavy atom. The molecule has 0 bridgehead atoms. The third-order valence-electron chi connectivity index (χ3n) is 4.84. The summed E-state index contributed by atoms with van der Waals surface area (Å²) in [5, 5.41) is 12.3. The minimum atomic E-state index is 0.160. The van der Waals surface area contributed by atoms with Crippen LogP contribution < -0.4 is 5.73 Å². The van der Waals surface area contributed by atoms with E-state index in [1.54, 1.807) is 0 Å². The van der Waals surface area contributed by atoms with Gasteiger partial charge in [-0.2, -0.15) is 4.68 Å². The highest BCUT2D eigenvalue weighted by Crippen LogP contribution is 2.40. The summed E-state index contributed by atoms with van der Waals surface area (Å²) in [6.07, 6.45) is 5.71. The third-order valence-corrected chi connectivity index (χ3v) is 4.84. The molecule has 1 aromatic heterocycles. The predicted molar refractivity (Wildman–Crippen MR) is 82.0 cm³/mol. The molecular formula is C16H23N5. The van der Waals surface area contributed by atoms with Gasteiger partial charge in [0, 0.05) is 6.42 Å². The van der Waals surface area contributed by atoms with E-state index in [1.807, 2.05) is 35.0 Å². The van der Waals surface area contributed by atoms with Crippen molar-refractivity contribution < 1.29 is 0 Å². The predicted octanol–water partition coefficient (Wildman–Crippen LogP) is 2.36. The van der Waals surface area contributed by atoms with E-state index in [0.717, 1.165) is 23.9 Å². The first-order valence-corrected chi connectivity index (χ1v) is 7.75. The molecule has 1 saturated carbocycles. The van der Waals surface area contributed by atoms with Crippen molar-refractivity contribution in [1.29, 1.82) is 0 Å². The first-order chi connectivity index (χ1) is 10.2. The van der Waals surface area contributed by atoms with Crippen LogP contribution in [-0.4, -0.2) is 26.8 Å². The van der Waals surface area contributed by atoms with E-state index in [1.165, 1.54) is 25.7 Å². The maximum Gasteiger partial charge on any atom is 0.157 e. The van der Waals surface area contributed by atoms with Crippen LogP contribution in [0.5, 0.6) is 0 Å². The molecule has 5 nitrogen and oxygen atoms in total. The second-order valence-electron chi connectivity index (χ2n) is 6.41. The van der Waals surface area contributed by atoms with Crippen molar-refractivity contribution in [3.63, 3.8) is 0 Å². The van der Waals surface area contributed by atoms with Crippen molar-refractivity contribution in [2.45, 2.75) is 39.0 Å². The number of nitrogens with zero attached hydrogens (tertiary/aromatic N) is 4. The van der Waals surface area contributed by atoms with Crippen molar-refractivity contribution in [3.05, 3.63) is 36.2 Å². The molecule has 21 heavy (non-hydrogen) atoms. The van der Waals surface area contributed by atoms with Gasteiger partial charge in [-0.3, -0.25) is 0 Å². The van der Waals surface area contributed by atoms with Crippen LogP contribution in [0.2, 0.25) is 0 Å². The van der Waals surface area contributed by atoms with Crippen LogP contribution in [0.15, 0.2) is 30.3 Å². The van der Waals surface area contributed by atoms with Gasteiger partial charge in [0.05, 0.1) is 5.69 Å². The van der Waals surface area contributed by atoms with Gasteiger partial charge in [-0.15, -0.1) is 5.10 Å². The number of tetrazole rings is 1. The second-order valence-corrected chi connectivity index (χ2v) is 6.41. The molecule has 0 atom stereocenters. The van der Waals surface area contributed by atoms with Crippen LogP contribution in [0.25, 0.3) is 5.69 Å². The lowest BCUT2D eigenvalue weighted by Gasteiger charge is -2.38. The van der Waals surface area contributed by atoms with Crippen LogP contribution >= 0.6 is 0 Å². The third kappa shape index (κ3) is 2.97. The van der Waals surface area contributed by atoms with Gasteiger partial charge in [-0.25, -0.2) is 0 Å². The van der Waals surface area contributed by atoms with Crippen molar-refractivity contribution >= 4 is 0 Å². The van der Waals surface area contributed by atoms with Crippen LogP contribution in [0.3, 0.4) is 0 Å². The summed E-state index contributed by atoms with van der Waals surface area (Å²) in [4.78, 5) is 0. The second kappa shape index (κ2) is 5.93. The van der Waals surface area contributed by atoms with Gasteiger partial charge < -0.3 is 5.73 Å². The zero-order valence-corrected chi connectivity index (χ0v) is 12.6. The molecule has 3 rings (SSSR count). The Bertz CT molecular complexity index is 569. The normalized spacial score (nSPS) is 25.9. The Kier molecular flexibility index (Phi) is 4.01. The summed E-state index contributed by atoms with van der Waals surface area (Å²) in [7, 11) is 0. The zero-order chi connectivity index (χ0) is 14.7. The quantitative estimate of drug-likeness (QED) is 0.936. The van der Waals surface area contributed by atoms with E-state index in [0.29, 0.717) is 6.54 Å². The fourth-order valence-corrected chi connectivity index (χ4v) is 3.25. The Morgan fingerprint density at radius 2 is 1.95 bits per heavy atom. The van der Waals surface area contributed by atoms with E-state index in [-0.39, 0.29) is 5.41 Å². The molecule has 1 heterocycles. The number of nitrogens with two attached hydrogens (primary N) is 1. The monoisotopic (exact) mass is 285 g/mol. The van der Waals surface area contributed by atoms with E-state index in [9.17, 15) is 0 Å². The Balaban J connectivity index is 1.84. The Hall–Kier alpha value is -1.75. The molecule has 0 radical (unpaired) electrons. The first kappa shape index (κ1) is 14.2. The van der Waals surface area contributed by atoms with Gasteiger partial charge in [0.15, 0.2) is 5.82 Å². The van der Waals surface area contributed by atoms with Gasteiger partial charge in [-0.1, -0.05) is 38.0 Å². The average Bonchev–Trinajstić information content (AvgIpc) is 2.99. The lowest BCUT2D eigenvalue weighted by molar-refractivity contribution is 0.159. The topological polar surface area (TPSA) is 69.6 Å². The van der Waals surface area contributed by atoms with Crippen molar-refractivity contribution in [3.8, 4) is 5.69 Å². The lowest BCUT2D eigenvalue weighted by atomic mass is 9.69. The molecule has 1 aromatic carbocycles. The van der Waals surface area contributed by atoms with Gasteiger partial charge >= 0.3 is 0 Å². The fourth-order valence-electron chi connectivity index (χ4n) is 3.25. The molecular weight excluding hydrogens is 262 g/mol. The maximum absolute atomic E-state index is 6.11. The number of rotatable bonds is 4. The average molecular weight is 285 g/mol. The fraction of sp³-hybridized carbons (Fsp3) is 0.562. The van der Waals surface area contributed by atoms with Crippen LogP contribution in [0, 0.1) is 11.3 Å². The summed E-state index contributed by atoms with van der Waals surface area (Å²) in [6.45, 7) is 3.04. The smallest absolute Gasteiger partial charge is 0.157 e. The Morgan fingerprint density at radius 1 is 1.24 bits per heavy atom. The highest BCUT2D eigenvalue weighted by atomic mass is 15.5. The van der Waals surface area contributed by atoms with Crippen LogP contribution in [0.1, 0.15) is 38.4 Å². The first-order valence-electron chi connectivity index (χ1n) is 7.75. The minimum Gasteiger partial charge on any atom is -0.330 e. The van der Waals surface area contributed by atoms with Gasteiger partial charge in [-0.05, 0) is 53.3 Å². The van der Waals surface area contributed by atoms with Crippen molar-refractivity contribution in [2.24, 2.45) is 17.1 Å². The molecule has 0 unspecified atom stereocenters. The molecule has 2 N–H and O–H groups in total. The number of aromatic nitrogens is 4. The summed E-state index contributed by atoms with van der Waals surface area (Å²) < 4.78 is 1.84. The highest BCUT2D eigenvalue weighted by molar-refractivity contribution is 5.30. The van der Waals surface area contributed by atoms with E-state index in [4.69, 9.17) is 5.73 Å². The Labute approximate surface area is 125 Å². The molecule has 1 fully saturated rings. The van der Waals surface area contributed by atoms with Crippen LogP contribution in [-0.2, 0) is 6.42 Å². The number of para-hydroxylation sites is 1. The number of benzene rings is 1. The molecule has 2 aromatic rings. The van der Waals surface area contributed by atoms with Crippen molar-refractivity contribution in [1.82, 2.24) is 20.2 Å². The minimum absolute atomic E-state index is 0.160. The molecule has 0 saturated heterocycles. The molecule has 112 valence electrons. The molecule has 0 amide bonds. The highest BCUT2D eigenvalue weighted by Gasteiger charge is 2.34. The van der Waals surface area contributed by atoms with E-state index < -0.39 is 0 Å². The maximum atomic E-state index is 6.11. The van der Waals surface area contributed by atoms with Gasteiger partial charge in [0.2, 0.25) is 0 Å². The van der Waals surface area contributed by atoms with Gasteiger partial charge in [0.25, 0.3) is 0 Å². The van der Waals surface area contributed by atoms with Crippen LogP contribution in [0.4, 0.5) is 0 Å². The number of hydrogen-bond donors (Lipinski definition) is 1. The summed E-state index contributed by atoms with van der Waals surface area (Å²) in [5.41, 5.74) is 7.28. The van der Waals surface area contributed by atoms with E-state index >= 15 is 0 Å². The molecule has 0 spiro atoms. The lowest BCUT2D eigenvalue weighted by Crippen LogP contribution is -2.37. The standard InChI is InChI=1S/C16H23N5/c1-13-7-9-16(12-17,10-8-13)11-15-18-19-20-21(15)14-5-3-2-4-6-14/h2-6,13H,7-12,17H2,1H3. The molecule has 5 heteroatoms. The molecule has 1 aliphatic rings. The van der Waals surface area contributed by atoms with Gasteiger partial charge in [0.1, 0.15) is 0 Å². The van der Waals surface area contributed by atoms with Crippen molar-refractivity contribution in [2.75, 3.05) is 6.54 Å². The summed E-state index contributed by atoms with van der Waals surface area (Å²) in [6, 6.07) is 10.1. The largest absolute Gasteiger partial charge is 0.330 e. The SMILES string of the molecule is CC1CCC(CN)(Cc2nnnn2-c2ccccc2)CC1. The summed E-state index contributed by atoms with van der Waals surface area (Å²) in [5.74, 6) is 1.73. The number of hydrogen-bond acceptors (Lipinski definition) is 4. The molecule has 0 aliphatic heterocycles. The molecule has 1 aliphatic carbocycles. The summed E-state index contributed by atoms with van der Waals surface area (Å²) >= 11 is 0. The van der Waals surface area contributed by atoms with E-state index in [2.05, 4.69) is 22.4 Å². The zero-order valence-electron chi connectivity index (χ0n) is 12.6.